The zero-order valence-corrected chi connectivity index (χ0v) is 17.4. The maximum atomic E-state index is 12.5. The van der Waals surface area contributed by atoms with E-state index in [1.807, 2.05) is 0 Å². The Morgan fingerprint density at radius 2 is 1.68 bits per heavy atom. The first kappa shape index (κ1) is 24.5. The first-order chi connectivity index (χ1) is 13.2. The van der Waals surface area contributed by atoms with Crippen LogP contribution in [0.1, 0.15) is 65.7 Å². The maximum absolute atomic E-state index is 12.5. The zero-order valence-electron chi connectivity index (χ0n) is 17.4. The molecule has 0 aromatic carbocycles. The summed E-state index contributed by atoms with van der Waals surface area (Å²) in [5.41, 5.74) is 11.8. The van der Waals surface area contributed by atoms with Crippen molar-refractivity contribution >= 4 is 17.6 Å². The zero-order chi connectivity index (χ0) is 21.3. The maximum Gasteiger partial charge on any atom is 0.245 e. The third kappa shape index (κ3) is 7.85. The molecule has 1 rings (SSSR count). The summed E-state index contributed by atoms with van der Waals surface area (Å²) in [5.74, 6) is -0.986. The summed E-state index contributed by atoms with van der Waals surface area (Å²) in [5, 5.41) is 15.0. The second-order valence-electron chi connectivity index (χ2n) is 8.24. The number of ketones is 1. The number of aliphatic hydroxyl groups is 1. The van der Waals surface area contributed by atoms with E-state index < -0.39 is 24.1 Å². The lowest BCUT2D eigenvalue weighted by molar-refractivity contribution is -0.134. The van der Waals surface area contributed by atoms with Crippen LogP contribution in [0.2, 0.25) is 0 Å². The minimum Gasteiger partial charge on any atom is -0.391 e. The lowest BCUT2D eigenvalue weighted by Gasteiger charge is -2.28. The summed E-state index contributed by atoms with van der Waals surface area (Å²) in [6.07, 6.45) is 5.46. The van der Waals surface area contributed by atoms with Crippen molar-refractivity contribution in [1.29, 1.82) is 0 Å². The van der Waals surface area contributed by atoms with Crippen molar-refractivity contribution in [3.05, 3.63) is 0 Å². The van der Waals surface area contributed by atoms with Crippen molar-refractivity contribution in [1.82, 2.24) is 10.6 Å². The van der Waals surface area contributed by atoms with Crippen molar-refractivity contribution in [2.45, 2.75) is 89.9 Å². The Hall–Kier alpha value is -1.51. The molecule has 1 aliphatic rings. The first-order valence-corrected chi connectivity index (χ1v) is 10.4. The van der Waals surface area contributed by atoms with Crippen LogP contribution in [0.5, 0.6) is 0 Å². The van der Waals surface area contributed by atoms with Gasteiger partial charge < -0.3 is 27.2 Å². The summed E-state index contributed by atoms with van der Waals surface area (Å²) < 4.78 is 0. The SMILES string of the molecule is CC(C)C(=O)[C@H](CN)NC(=O)[C@@H](NC(=O)CCC(N)C1CCCCC1)C(C)O. The molecular formula is C20H38N4O4. The second kappa shape index (κ2) is 12.1. The van der Waals surface area contributed by atoms with Gasteiger partial charge in [-0.1, -0.05) is 33.1 Å². The summed E-state index contributed by atoms with van der Waals surface area (Å²) in [6, 6.07) is -2.02. The topological polar surface area (TPSA) is 148 Å². The third-order valence-corrected chi connectivity index (χ3v) is 5.51. The molecule has 2 unspecified atom stereocenters. The molecule has 0 heterocycles. The van der Waals surface area contributed by atoms with Gasteiger partial charge in [-0.2, -0.15) is 0 Å². The van der Waals surface area contributed by atoms with Gasteiger partial charge in [0.05, 0.1) is 12.1 Å². The number of Topliss-reactive ketones (excluding diaryl/α,β-unsaturated/α-hetero) is 1. The second-order valence-corrected chi connectivity index (χ2v) is 8.24. The van der Waals surface area contributed by atoms with Crippen LogP contribution in [0, 0.1) is 11.8 Å². The highest BCUT2D eigenvalue weighted by atomic mass is 16.3. The van der Waals surface area contributed by atoms with E-state index in [1.54, 1.807) is 13.8 Å². The molecule has 8 nitrogen and oxygen atoms in total. The Labute approximate surface area is 168 Å². The van der Waals surface area contributed by atoms with E-state index in [0.717, 1.165) is 12.8 Å². The van der Waals surface area contributed by atoms with Gasteiger partial charge in [0.25, 0.3) is 0 Å². The van der Waals surface area contributed by atoms with E-state index in [9.17, 15) is 19.5 Å². The van der Waals surface area contributed by atoms with E-state index in [2.05, 4.69) is 10.6 Å². The molecule has 0 radical (unpaired) electrons. The van der Waals surface area contributed by atoms with Crippen molar-refractivity contribution in [2.75, 3.05) is 6.54 Å². The molecule has 1 aliphatic carbocycles. The molecule has 4 atom stereocenters. The molecule has 0 spiro atoms. The standard InChI is InChI=1S/C20H38N4O4/c1-12(2)19(27)16(11-21)23-20(28)18(13(3)25)24-17(26)10-9-15(22)14-7-5-4-6-8-14/h12-16,18,25H,4-11,21-22H2,1-3H3,(H,23,28)(H,24,26)/t13?,15?,16-,18-/m0/s1. The highest BCUT2D eigenvalue weighted by Crippen LogP contribution is 2.27. The number of nitrogens with two attached hydrogens (primary N) is 2. The van der Waals surface area contributed by atoms with Crippen molar-refractivity contribution in [3.63, 3.8) is 0 Å². The van der Waals surface area contributed by atoms with E-state index in [-0.39, 0.29) is 36.6 Å². The van der Waals surface area contributed by atoms with E-state index in [1.165, 1.54) is 26.2 Å². The van der Waals surface area contributed by atoms with Gasteiger partial charge in [-0.25, -0.2) is 0 Å². The number of carbonyl (C=O) groups is 3. The van der Waals surface area contributed by atoms with Crippen LogP contribution in [-0.4, -0.2) is 53.5 Å². The van der Waals surface area contributed by atoms with E-state index >= 15 is 0 Å². The highest BCUT2D eigenvalue weighted by molar-refractivity contribution is 5.93. The largest absolute Gasteiger partial charge is 0.391 e. The molecule has 1 fully saturated rings. The summed E-state index contributed by atoms with van der Waals surface area (Å²) in [6.45, 7) is 4.82. The molecule has 28 heavy (non-hydrogen) atoms. The molecule has 0 aliphatic heterocycles. The Balaban J connectivity index is 2.56. The Bertz CT molecular complexity index is 518. The molecule has 1 saturated carbocycles. The summed E-state index contributed by atoms with van der Waals surface area (Å²) in [7, 11) is 0. The van der Waals surface area contributed by atoms with Crippen LogP contribution in [0.4, 0.5) is 0 Å². The number of amides is 2. The molecule has 2 amide bonds. The monoisotopic (exact) mass is 398 g/mol. The number of aliphatic hydroxyl groups excluding tert-OH is 1. The average Bonchev–Trinajstić information content (AvgIpc) is 2.67. The van der Waals surface area contributed by atoms with Crippen LogP contribution >= 0.6 is 0 Å². The van der Waals surface area contributed by atoms with Crippen LogP contribution < -0.4 is 22.1 Å². The van der Waals surface area contributed by atoms with E-state index in [0.29, 0.717) is 12.3 Å². The minimum atomic E-state index is -1.15. The number of hydrogen-bond donors (Lipinski definition) is 5. The number of rotatable bonds is 11. The smallest absolute Gasteiger partial charge is 0.245 e. The Morgan fingerprint density at radius 3 is 2.18 bits per heavy atom. The van der Waals surface area contributed by atoms with Crippen molar-refractivity contribution in [3.8, 4) is 0 Å². The van der Waals surface area contributed by atoms with Crippen molar-refractivity contribution < 1.29 is 19.5 Å². The molecule has 0 aromatic heterocycles. The van der Waals surface area contributed by atoms with Gasteiger partial charge in [-0.3, -0.25) is 14.4 Å². The van der Waals surface area contributed by atoms with Gasteiger partial charge in [0, 0.05) is 24.9 Å². The lowest BCUT2D eigenvalue weighted by atomic mass is 9.82. The lowest BCUT2D eigenvalue weighted by Crippen LogP contribution is -2.57. The summed E-state index contributed by atoms with van der Waals surface area (Å²) >= 11 is 0. The first-order valence-electron chi connectivity index (χ1n) is 10.4. The van der Waals surface area contributed by atoms with Gasteiger partial charge in [0.2, 0.25) is 11.8 Å². The van der Waals surface area contributed by atoms with Gasteiger partial charge in [-0.05, 0) is 32.1 Å². The highest BCUT2D eigenvalue weighted by Gasteiger charge is 2.30. The van der Waals surface area contributed by atoms with E-state index in [4.69, 9.17) is 11.5 Å². The molecule has 0 saturated heterocycles. The molecule has 7 N–H and O–H groups in total. The number of nitrogens with one attached hydrogen (secondary N) is 2. The minimum absolute atomic E-state index is 0.0323. The van der Waals surface area contributed by atoms with Gasteiger partial charge in [-0.15, -0.1) is 0 Å². The third-order valence-electron chi connectivity index (χ3n) is 5.51. The van der Waals surface area contributed by atoms with Crippen LogP contribution in [-0.2, 0) is 14.4 Å². The molecule has 0 aromatic rings. The fourth-order valence-corrected chi connectivity index (χ4v) is 3.66. The number of hydrogen-bond acceptors (Lipinski definition) is 6. The van der Waals surface area contributed by atoms with Gasteiger partial charge in [0.1, 0.15) is 6.04 Å². The molecule has 162 valence electrons. The fraction of sp³-hybridized carbons (Fsp3) is 0.850. The fourth-order valence-electron chi connectivity index (χ4n) is 3.66. The van der Waals surface area contributed by atoms with Crippen LogP contribution in [0.3, 0.4) is 0 Å². The quantitative estimate of drug-likeness (QED) is 0.336. The average molecular weight is 399 g/mol. The summed E-state index contributed by atoms with van der Waals surface area (Å²) in [4.78, 5) is 36.9. The molecular weight excluding hydrogens is 360 g/mol. The molecule has 8 heteroatoms. The van der Waals surface area contributed by atoms with Gasteiger partial charge in [0.15, 0.2) is 5.78 Å². The predicted octanol–water partition coefficient (Wildman–Crippen LogP) is 0.208. The van der Waals surface area contributed by atoms with Crippen molar-refractivity contribution in [2.24, 2.45) is 23.3 Å². The normalized spacial score (nSPS) is 19.5. The Kier molecular flexibility index (Phi) is 10.6. The van der Waals surface area contributed by atoms with Gasteiger partial charge >= 0.3 is 0 Å². The molecule has 0 bridgehead atoms. The Morgan fingerprint density at radius 1 is 1.07 bits per heavy atom. The predicted molar refractivity (Wildman–Crippen MR) is 108 cm³/mol. The van der Waals surface area contributed by atoms with Crippen LogP contribution in [0.25, 0.3) is 0 Å². The number of carbonyl (C=O) groups excluding carboxylic acids is 3. The van der Waals surface area contributed by atoms with Crippen LogP contribution in [0.15, 0.2) is 0 Å².